The van der Waals surface area contributed by atoms with Crippen LogP contribution in [-0.4, -0.2) is 15.2 Å². The molecule has 0 fully saturated rings. The molecule has 0 saturated carbocycles. The lowest BCUT2D eigenvalue weighted by Crippen LogP contribution is -2.16. The summed E-state index contributed by atoms with van der Waals surface area (Å²) in [4.78, 5) is 3.22. The fourth-order valence-electron chi connectivity index (χ4n) is 0.647. The first-order chi connectivity index (χ1) is 5.91. The zero-order valence-corrected chi connectivity index (χ0v) is 6.71. The molecule has 1 atom stereocenters. The molecule has 0 amide bonds. The summed E-state index contributed by atoms with van der Waals surface area (Å²) in [6, 6.07) is -0.658. The van der Waals surface area contributed by atoms with E-state index in [1.807, 2.05) is 0 Å². The van der Waals surface area contributed by atoms with E-state index in [1.165, 1.54) is 6.92 Å². The summed E-state index contributed by atoms with van der Waals surface area (Å²) in [6.45, 7) is 1.48. The highest BCUT2D eigenvalue weighted by atomic mass is 19.4. The monoisotopic (exact) mass is 192 g/mol. The number of hydrogen-bond acceptors (Lipinski definition) is 4. The van der Waals surface area contributed by atoms with Gasteiger partial charge in [0.1, 0.15) is 0 Å². The number of hydrogen-bond donors (Lipinski definition) is 1. The van der Waals surface area contributed by atoms with Gasteiger partial charge in [0.15, 0.2) is 11.5 Å². The van der Waals surface area contributed by atoms with Crippen LogP contribution in [0.3, 0.4) is 0 Å². The number of rotatable bonds is 1. The van der Waals surface area contributed by atoms with E-state index in [2.05, 4.69) is 15.2 Å². The van der Waals surface area contributed by atoms with Crippen LogP contribution in [0.2, 0.25) is 0 Å². The highest BCUT2D eigenvalue weighted by Gasteiger charge is 2.33. The van der Waals surface area contributed by atoms with Crippen molar-refractivity contribution in [1.82, 2.24) is 15.2 Å². The molecular weight excluding hydrogens is 185 g/mol. The van der Waals surface area contributed by atoms with Crippen LogP contribution in [0.5, 0.6) is 0 Å². The van der Waals surface area contributed by atoms with Gasteiger partial charge in [-0.25, -0.2) is 4.98 Å². The van der Waals surface area contributed by atoms with Crippen molar-refractivity contribution in [2.75, 3.05) is 0 Å². The summed E-state index contributed by atoms with van der Waals surface area (Å²) >= 11 is 0. The second kappa shape index (κ2) is 3.25. The van der Waals surface area contributed by atoms with Gasteiger partial charge in [-0.1, -0.05) is 0 Å². The number of aromatic nitrogens is 3. The van der Waals surface area contributed by atoms with E-state index in [4.69, 9.17) is 5.73 Å². The van der Waals surface area contributed by atoms with Crippen molar-refractivity contribution in [2.24, 2.45) is 5.73 Å². The minimum Gasteiger partial charge on any atom is -0.321 e. The maximum atomic E-state index is 12.1. The molecule has 72 valence electrons. The number of nitrogens with two attached hydrogens (primary N) is 1. The summed E-state index contributed by atoms with van der Waals surface area (Å²) in [5.74, 6) is -0.116. The Morgan fingerprint density at radius 1 is 1.46 bits per heavy atom. The van der Waals surface area contributed by atoms with E-state index in [1.54, 1.807) is 0 Å². The third kappa shape index (κ3) is 2.35. The molecule has 13 heavy (non-hydrogen) atoms. The molecule has 0 saturated heterocycles. The molecule has 7 heteroatoms. The number of halogens is 3. The molecule has 4 nitrogen and oxygen atoms in total. The zero-order chi connectivity index (χ0) is 10.1. The minimum absolute atomic E-state index is 0.116. The first kappa shape index (κ1) is 9.85. The van der Waals surface area contributed by atoms with Crippen molar-refractivity contribution in [1.29, 1.82) is 0 Å². The lowest BCUT2D eigenvalue weighted by atomic mass is 10.3. The Balaban J connectivity index is 3.06. The molecule has 0 aliphatic heterocycles. The summed E-state index contributed by atoms with van der Waals surface area (Å²) in [6.07, 6.45) is -3.94. The van der Waals surface area contributed by atoms with Crippen molar-refractivity contribution in [3.63, 3.8) is 0 Å². The van der Waals surface area contributed by atoms with Gasteiger partial charge in [0.05, 0.1) is 12.2 Å². The van der Waals surface area contributed by atoms with E-state index in [-0.39, 0.29) is 5.82 Å². The molecule has 1 aromatic heterocycles. The third-order valence-corrected chi connectivity index (χ3v) is 1.27. The Morgan fingerprint density at radius 2 is 2.08 bits per heavy atom. The molecular formula is C6H7F3N4. The molecule has 0 spiro atoms. The van der Waals surface area contributed by atoms with E-state index in [0.717, 1.165) is 0 Å². The zero-order valence-electron chi connectivity index (χ0n) is 6.71. The fourth-order valence-corrected chi connectivity index (χ4v) is 0.647. The van der Waals surface area contributed by atoms with Gasteiger partial charge in [-0.15, -0.1) is 5.10 Å². The van der Waals surface area contributed by atoms with E-state index >= 15 is 0 Å². The van der Waals surface area contributed by atoms with Crippen LogP contribution in [0.4, 0.5) is 13.2 Å². The number of nitrogens with zero attached hydrogens (tertiary/aromatic N) is 3. The van der Waals surface area contributed by atoms with Crippen LogP contribution in [0.25, 0.3) is 0 Å². The molecule has 1 rings (SSSR count). The first-order valence-corrected chi connectivity index (χ1v) is 3.43. The van der Waals surface area contributed by atoms with Gasteiger partial charge in [0.2, 0.25) is 0 Å². The average molecular weight is 192 g/mol. The predicted octanol–water partition coefficient (Wildman–Crippen LogP) is 0.910. The van der Waals surface area contributed by atoms with E-state index < -0.39 is 17.9 Å². The van der Waals surface area contributed by atoms with Gasteiger partial charge >= 0.3 is 6.18 Å². The Labute approximate surface area is 72.0 Å². The van der Waals surface area contributed by atoms with Gasteiger partial charge in [-0.2, -0.15) is 18.3 Å². The SMILES string of the molecule is CC(N)c1nncc(C(F)(F)F)n1. The Morgan fingerprint density at radius 3 is 2.54 bits per heavy atom. The molecule has 1 aromatic rings. The van der Waals surface area contributed by atoms with Gasteiger partial charge in [-0.05, 0) is 6.92 Å². The Bertz CT molecular complexity index is 296. The molecule has 0 bridgehead atoms. The van der Waals surface area contributed by atoms with E-state index in [0.29, 0.717) is 6.20 Å². The average Bonchev–Trinajstić information content (AvgIpc) is 2.03. The molecule has 0 aliphatic carbocycles. The van der Waals surface area contributed by atoms with Crippen molar-refractivity contribution < 1.29 is 13.2 Å². The van der Waals surface area contributed by atoms with Crippen LogP contribution in [0.15, 0.2) is 6.20 Å². The molecule has 1 heterocycles. The van der Waals surface area contributed by atoms with Gasteiger partial charge in [0.25, 0.3) is 0 Å². The topological polar surface area (TPSA) is 64.7 Å². The highest BCUT2D eigenvalue weighted by Crippen LogP contribution is 2.26. The van der Waals surface area contributed by atoms with Crippen LogP contribution >= 0.6 is 0 Å². The van der Waals surface area contributed by atoms with Gasteiger partial charge in [0, 0.05) is 0 Å². The maximum Gasteiger partial charge on any atom is 0.435 e. The fraction of sp³-hybridized carbons (Fsp3) is 0.500. The molecule has 0 aromatic carbocycles. The van der Waals surface area contributed by atoms with Crippen molar-refractivity contribution >= 4 is 0 Å². The van der Waals surface area contributed by atoms with Crippen LogP contribution in [0, 0.1) is 0 Å². The standard InChI is InChI=1S/C6H7F3N4/c1-3(10)5-12-4(2-11-13-5)6(7,8)9/h2-3H,10H2,1H3. The smallest absolute Gasteiger partial charge is 0.321 e. The molecule has 2 N–H and O–H groups in total. The molecule has 1 unspecified atom stereocenters. The molecule has 0 radical (unpaired) electrons. The van der Waals surface area contributed by atoms with Crippen LogP contribution in [0.1, 0.15) is 24.5 Å². The highest BCUT2D eigenvalue weighted by molar-refractivity contribution is 5.02. The summed E-state index contributed by atoms with van der Waals surface area (Å²) < 4.78 is 36.2. The lowest BCUT2D eigenvalue weighted by Gasteiger charge is -2.07. The van der Waals surface area contributed by atoms with Gasteiger partial charge < -0.3 is 5.73 Å². The quantitative estimate of drug-likeness (QED) is 0.718. The minimum atomic E-state index is -4.50. The van der Waals surface area contributed by atoms with Crippen molar-refractivity contribution in [3.8, 4) is 0 Å². The van der Waals surface area contributed by atoms with Crippen molar-refractivity contribution in [2.45, 2.75) is 19.1 Å². The van der Waals surface area contributed by atoms with E-state index in [9.17, 15) is 13.2 Å². The second-order valence-electron chi connectivity index (χ2n) is 2.49. The Kier molecular flexibility index (Phi) is 2.46. The third-order valence-electron chi connectivity index (χ3n) is 1.27. The van der Waals surface area contributed by atoms with Crippen LogP contribution < -0.4 is 5.73 Å². The Hall–Kier alpha value is -1.24. The number of alkyl halides is 3. The normalized spacial score (nSPS) is 14.2. The summed E-state index contributed by atoms with van der Waals surface area (Å²) in [5.41, 5.74) is 4.22. The summed E-state index contributed by atoms with van der Waals surface area (Å²) in [7, 11) is 0. The summed E-state index contributed by atoms with van der Waals surface area (Å²) in [5, 5.41) is 6.53. The van der Waals surface area contributed by atoms with Gasteiger partial charge in [-0.3, -0.25) is 0 Å². The predicted molar refractivity (Wildman–Crippen MR) is 37.4 cm³/mol. The second-order valence-corrected chi connectivity index (χ2v) is 2.49. The molecule has 0 aliphatic rings. The van der Waals surface area contributed by atoms with Crippen molar-refractivity contribution in [3.05, 3.63) is 17.7 Å². The maximum absolute atomic E-state index is 12.1. The lowest BCUT2D eigenvalue weighted by molar-refractivity contribution is -0.141. The van der Waals surface area contributed by atoms with Crippen LogP contribution in [-0.2, 0) is 6.18 Å². The first-order valence-electron chi connectivity index (χ1n) is 3.43. The largest absolute Gasteiger partial charge is 0.435 e.